The quantitative estimate of drug-likeness (QED) is 0.852. The molecular formula is C10H22N4OSi2. The second-order valence-corrected chi connectivity index (χ2v) is 15.3. The lowest BCUT2D eigenvalue weighted by molar-refractivity contribution is 0.504. The van der Waals surface area contributed by atoms with E-state index >= 15 is 0 Å². The lowest BCUT2D eigenvalue weighted by Crippen LogP contribution is -2.34. The number of hydrogen-bond acceptors (Lipinski definition) is 5. The minimum absolute atomic E-state index is 0.442. The Labute approximate surface area is 105 Å². The Morgan fingerprint density at radius 3 is 2.00 bits per heavy atom. The fourth-order valence-corrected chi connectivity index (χ4v) is 2.59. The maximum absolute atomic E-state index is 5.79. The van der Waals surface area contributed by atoms with Crippen LogP contribution in [0, 0.1) is 6.92 Å². The molecule has 1 N–H and O–H groups in total. The van der Waals surface area contributed by atoms with E-state index in [1.807, 2.05) is 6.92 Å². The van der Waals surface area contributed by atoms with Crippen molar-refractivity contribution >= 4 is 22.5 Å². The van der Waals surface area contributed by atoms with Crippen LogP contribution >= 0.6 is 0 Å². The van der Waals surface area contributed by atoms with Crippen LogP contribution < -0.4 is 9.41 Å². The van der Waals surface area contributed by atoms with E-state index in [-0.39, 0.29) is 0 Å². The molecule has 17 heavy (non-hydrogen) atoms. The number of hydrogen-bond donors (Lipinski definition) is 1. The van der Waals surface area contributed by atoms with Gasteiger partial charge in [-0.2, -0.15) is 15.0 Å². The summed E-state index contributed by atoms with van der Waals surface area (Å²) < 4.78 is 5.79. The van der Waals surface area contributed by atoms with Crippen molar-refractivity contribution in [1.82, 2.24) is 15.0 Å². The third-order valence-electron chi connectivity index (χ3n) is 1.61. The van der Waals surface area contributed by atoms with Gasteiger partial charge in [0.25, 0.3) is 0 Å². The Kier molecular flexibility index (Phi) is 3.93. The van der Waals surface area contributed by atoms with Crippen LogP contribution in [-0.2, 0) is 0 Å². The number of aromatic nitrogens is 3. The highest BCUT2D eigenvalue weighted by molar-refractivity contribution is 6.79. The van der Waals surface area contributed by atoms with Gasteiger partial charge in [0.2, 0.25) is 14.3 Å². The summed E-state index contributed by atoms with van der Waals surface area (Å²) in [6, 6.07) is 0.442. The van der Waals surface area contributed by atoms with Crippen LogP contribution in [0.5, 0.6) is 6.01 Å². The van der Waals surface area contributed by atoms with Gasteiger partial charge in [-0.3, -0.25) is 0 Å². The highest BCUT2D eigenvalue weighted by atomic mass is 28.4. The van der Waals surface area contributed by atoms with Crippen molar-refractivity contribution in [2.45, 2.75) is 46.2 Å². The molecule has 0 amide bonds. The van der Waals surface area contributed by atoms with E-state index < -0.39 is 16.6 Å². The lowest BCUT2D eigenvalue weighted by Gasteiger charge is -2.20. The first-order valence-corrected chi connectivity index (χ1v) is 12.7. The second kappa shape index (κ2) is 4.73. The molecule has 1 heterocycles. The van der Waals surface area contributed by atoms with Gasteiger partial charge >= 0.3 is 6.01 Å². The van der Waals surface area contributed by atoms with Gasteiger partial charge in [-0.1, -0.05) is 19.6 Å². The molecule has 0 aromatic carbocycles. The molecule has 7 heteroatoms. The second-order valence-electron chi connectivity index (χ2n) is 6.08. The minimum atomic E-state index is -1.67. The predicted molar refractivity (Wildman–Crippen MR) is 75.5 cm³/mol. The zero-order valence-corrected chi connectivity index (χ0v) is 13.7. The highest BCUT2D eigenvalue weighted by Gasteiger charge is 2.20. The molecule has 0 saturated carbocycles. The maximum Gasteiger partial charge on any atom is 0.307 e. The zero-order valence-electron chi connectivity index (χ0n) is 11.7. The van der Waals surface area contributed by atoms with E-state index in [1.165, 1.54) is 0 Å². The molecule has 0 aliphatic carbocycles. The van der Waals surface area contributed by atoms with Crippen molar-refractivity contribution in [2.24, 2.45) is 0 Å². The number of anilines is 1. The van der Waals surface area contributed by atoms with Crippen molar-refractivity contribution in [3.63, 3.8) is 0 Å². The SMILES string of the molecule is Cc1nc(N[Si](C)(C)C)nc(O[Si](C)(C)C)n1. The summed E-state index contributed by atoms with van der Waals surface area (Å²) in [5, 5.41) is 0. The third-order valence-corrected chi connectivity index (χ3v) is 3.38. The van der Waals surface area contributed by atoms with Gasteiger partial charge in [0, 0.05) is 0 Å². The average Bonchev–Trinajstić information content (AvgIpc) is 1.93. The topological polar surface area (TPSA) is 59.9 Å². The van der Waals surface area contributed by atoms with Crippen molar-refractivity contribution < 1.29 is 4.43 Å². The monoisotopic (exact) mass is 270 g/mol. The molecule has 0 unspecified atom stereocenters. The molecule has 0 saturated heterocycles. The third kappa shape index (κ3) is 5.78. The minimum Gasteiger partial charge on any atom is -0.518 e. The molecule has 0 aliphatic rings. The fourth-order valence-electron chi connectivity index (χ4n) is 1.17. The van der Waals surface area contributed by atoms with E-state index in [4.69, 9.17) is 4.43 Å². The molecule has 0 spiro atoms. The number of nitrogens with zero attached hydrogens (tertiary/aromatic N) is 3. The zero-order chi connectivity index (χ0) is 13.3. The maximum atomic E-state index is 5.79. The van der Waals surface area contributed by atoms with Gasteiger partial charge < -0.3 is 9.41 Å². The van der Waals surface area contributed by atoms with Crippen LogP contribution in [0.15, 0.2) is 0 Å². The summed E-state index contributed by atoms with van der Waals surface area (Å²) >= 11 is 0. The molecule has 0 fully saturated rings. The van der Waals surface area contributed by atoms with Crippen LogP contribution in [0.1, 0.15) is 5.82 Å². The van der Waals surface area contributed by atoms with E-state index in [0.717, 1.165) is 0 Å². The van der Waals surface area contributed by atoms with E-state index in [2.05, 4.69) is 59.2 Å². The van der Waals surface area contributed by atoms with E-state index in [0.29, 0.717) is 17.8 Å². The first-order valence-electron chi connectivity index (χ1n) is 5.75. The van der Waals surface area contributed by atoms with E-state index in [1.54, 1.807) is 0 Å². The number of rotatable bonds is 4. The Balaban J connectivity index is 2.95. The summed E-state index contributed by atoms with van der Waals surface area (Å²) in [6.07, 6.45) is 0. The molecule has 0 aliphatic heterocycles. The highest BCUT2D eigenvalue weighted by Crippen LogP contribution is 2.14. The van der Waals surface area contributed by atoms with Gasteiger partial charge in [0.05, 0.1) is 0 Å². The Morgan fingerprint density at radius 1 is 0.941 bits per heavy atom. The number of aryl methyl sites for hydroxylation is 1. The van der Waals surface area contributed by atoms with Gasteiger partial charge in [0.15, 0.2) is 0 Å². The summed E-state index contributed by atoms with van der Waals surface area (Å²) in [5.41, 5.74) is 0. The van der Waals surface area contributed by atoms with Crippen LogP contribution in [0.4, 0.5) is 5.95 Å². The van der Waals surface area contributed by atoms with Crippen molar-refractivity contribution in [1.29, 1.82) is 0 Å². The molecule has 0 atom stereocenters. The molecule has 1 aromatic heterocycles. The molecule has 1 rings (SSSR count). The van der Waals surface area contributed by atoms with Crippen molar-refractivity contribution in [3.05, 3.63) is 5.82 Å². The Hall–Kier alpha value is -0.956. The largest absolute Gasteiger partial charge is 0.518 e. The van der Waals surface area contributed by atoms with Gasteiger partial charge in [-0.25, -0.2) is 0 Å². The Morgan fingerprint density at radius 2 is 1.53 bits per heavy atom. The van der Waals surface area contributed by atoms with E-state index in [9.17, 15) is 0 Å². The standard InChI is InChI=1S/C10H22N4OSi2/c1-8-11-9(14-16(2,3)4)13-10(12-8)15-17(5,6)7/h1-7H3,(H,11,12,13,14). The molecule has 1 aromatic rings. The van der Waals surface area contributed by atoms with Crippen LogP contribution in [0.3, 0.4) is 0 Å². The van der Waals surface area contributed by atoms with Crippen molar-refractivity contribution in [3.8, 4) is 6.01 Å². The summed E-state index contributed by atoms with van der Waals surface area (Å²) in [5.74, 6) is 1.32. The first-order chi connectivity index (χ1) is 7.55. The fraction of sp³-hybridized carbons (Fsp3) is 0.700. The van der Waals surface area contributed by atoms with Crippen LogP contribution in [-0.4, -0.2) is 31.5 Å². The predicted octanol–water partition coefficient (Wildman–Crippen LogP) is 2.64. The van der Waals surface area contributed by atoms with Gasteiger partial charge in [-0.05, 0) is 26.6 Å². The molecule has 0 radical (unpaired) electrons. The summed E-state index contributed by atoms with van der Waals surface area (Å²) in [4.78, 5) is 16.2. The lowest BCUT2D eigenvalue weighted by atomic mass is 10.7. The number of nitrogens with one attached hydrogen (secondary N) is 1. The summed E-state index contributed by atoms with van der Waals surface area (Å²) in [6.45, 7) is 14.8. The van der Waals surface area contributed by atoms with Gasteiger partial charge in [0.1, 0.15) is 14.1 Å². The molecule has 0 bridgehead atoms. The van der Waals surface area contributed by atoms with Crippen molar-refractivity contribution in [2.75, 3.05) is 4.98 Å². The van der Waals surface area contributed by atoms with Crippen LogP contribution in [0.25, 0.3) is 0 Å². The normalized spacial score (nSPS) is 12.4. The summed E-state index contributed by atoms with van der Waals surface area (Å²) in [7, 11) is -3.12. The molecule has 96 valence electrons. The smallest absolute Gasteiger partial charge is 0.307 e. The van der Waals surface area contributed by atoms with Crippen LogP contribution in [0.2, 0.25) is 39.3 Å². The first kappa shape index (κ1) is 14.1. The average molecular weight is 270 g/mol. The molecular weight excluding hydrogens is 248 g/mol. The molecule has 5 nitrogen and oxygen atoms in total. The van der Waals surface area contributed by atoms with Gasteiger partial charge in [-0.15, -0.1) is 0 Å². The Bertz CT molecular complexity index is 364.